The number of halogens is 1. The molecule has 224 valence electrons. The largest absolute Gasteiger partial charge is 0.462 e. The van der Waals surface area contributed by atoms with Crippen molar-refractivity contribution >= 4 is 58.2 Å². The number of imide groups is 1. The number of nitrogens with one attached hydrogen (secondary N) is 1. The number of aryl methyl sites for hydroxylation is 1. The minimum Gasteiger partial charge on any atom is -0.462 e. The van der Waals surface area contributed by atoms with Crippen molar-refractivity contribution in [3.63, 3.8) is 0 Å². The van der Waals surface area contributed by atoms with Crippen molar-refractivity contribution in [2.75, 3.05) is 16.8 Å². The van der Waals surface area contributed by atoms with Crippen LogP contribution in [0.5, 0.6) is 0 Å². The van der Waals surface area contributed by atoms with Gasteiger partial charge in [0.1, 0.15) is 17.6 Å². The number of nitrogens with zero attached hydrogens (tertiary/aromatic N) is 2. The molecule has 9 nitrogen and oxygen atoms in total. The van der Waals surface area contributed by atoms with Crippen molar-refractivity contribution in [2.45, 2.75) is 36.6 Å². The summed E-state index contributed by atoms with van der Waals surface area (Å²) in [5.41, 5.74) is 2.62. The molecule has 6 rings (SSSR count). The van der Waals surface area contributed by atoms with Gasteiger partial charge < -0.3 is 10.1 Å². The second-order valence-electron chi connectivity index (χ2n) is 10.4. The number of aromatic nitrogens is 1. The number of carbonyl (C=O) groups excluding carboxylic acids is 4. The molecule has 0 aliphatic carbocycles. The van der Waals surface area contributed by atoms with E-state index in [2.05, 4.69) is 5.32 Å². The highest BCUT2D eigenvalue weighted by molar-refractivity contribution is 8.00. The Morgan fingerprint density at radius 2 is 1.66 bits per heavy atom. The van der Waals surface area contributed by atoms with Gasteiger partial charge >= 0.3 is 10.8 Å². The van der Waals surface area contributed by atoms with Crippen LogP contribution >= 0.6 is 23.1 Å². The van der Waals surface area contributed by atoms with Gasteiger partial charge in [0.2, 0.25) is 17.7 Å². The Morgan fingerprint density at radius 3 is 2.34 bits per heavy atom. The fourth-order valence-electron chi connectivity index (χ4n) is 5.55. The molecule has 1 aromatic heterocycles. The quantitative estimate of drug-likeness (QED) is 0.226. The molecule has 1 N–H and O–H groups in total. The average molecular weight is 632 g/mol. The zero-order chi connectivity index (χ0) is 31.1. The molecule has 1 fully saturated rings. The van der Waals surface area contributed by atoms with Crippen LogP contribution in [0.3, 0.4) is 0 Å². The molecular formula is C32H26FN3O6S2. The first-order chi connectivity index (χ1) is 21.2. The molecular weight excluding hydrogens is 605 g/mol. The van der Waals surface area contributed by atoms with E-state index in [1.807, 2.05) is 19.1 Å². The number of amides is 3. The number of benzene rings is 3. The van der Waals surface area contributed by atoms with Gasteiger partial charge in [-0.3, -0.25) is 23.7 Å². The van der Waals surface area contributed by atoms with Crippen LogP contribution in [0.15, 0.2) is 82.6 Å². The van der Waals surface area contributed by atoms with Crippen molar-refractivity contribution in [2.24, 2.45) is 5.92 Å². The average Bonchev–Trinajstić information content (AvgIpc) is 3.45. The van der Waals surface area contributed by atoms with Gasteiger partial charge in [0.05, 0.1) is 28.8 Å². The summed E-state index contributed by atoms with van der Waals surface area (Å²) < 4.78 is 20.3. The summed E-state index contributed by atoms with van der Waals surface area (Å²) in [7, 11) is 0. The summed E-state index contributed by atoms with van der Waals surface area (Å²) in [6.07, 6.45) is 0. The van der Waals surface area contributed by atoms with Crippen LogP contribution in [0.1, 0.15) is 39.2 Å². The van der Waals surface area contributed by atoms with E-state index in [9.17, 15) is 28.4 Å². The van der Waals surface area contributed by atoms with E-state index < -0.39 is 51.5 Å². The molecule has 0 radical (unpaired) electrons. The smallest absolute Gasteiger partial charge is 0.338 e. The number of hydrogen-bond acceptors (Lipinski definition) is 8. The van der Waals surface area contributed by atoms with Gasteiger partial charge in [0.15, 0.2) is 0 Å². The number of thioether (sulfide) groups is 1. The van der Waals surface area contributed by atoms with E-state index >= 15 is 0 Å². The fourth-order valence-corrected chi connectivity index (χ4v) is 8.32. The molecule has 12 heteroatoms. The van der Waals surface area contributed by atoms with E-state index in [4.69, 9.17) is 4.74 Å². The van der Waals surface area contributed by atoms with Gasteiger partial charge in [-0.05, 0) is 67.4 Å². The van der Waals surface area contributed by atoms with Gasteiger partial charge in [-0.2, -0.15) is 0 Å². The highest BCUT2D eigenvalue weighted by atomic mass is 32.2. The van der Waals surface area contributed by atoms with Gasteiger partial charge in [-0.1, -0.05) is 53.4 Å². The summed E-state index contributed by atoms with van der Waals surface area (Å²) in [6.45, 7) is 3.47. The third kappa shape index (κ3) is 5.24. The Hall–Kier alpha value is -4.55. The number of fused-ring (bicyclic) bond motifs is 2. The lowest BCUT2D eigenvalue weighted by Gasteiger charge is -2.30. The maximum absolute atomic E-state index is 14.0. The Kier molecular flexibility index (Phi) is 7.95. The van der Waals surface area contributed by atoms with Gasteiger partial charge in [0.25, 0.3) is 0 Å². The highest BCUT2D eigenvalue weighted by Gasteiger charge is 2.56. The van der Waals surface area contributed by atoms with Crippen LogP contribution < -0.4 is 15.1 Å². The summed E-state index contributed by atoms with van der Waals surface area (Å²) in [6, 6.07) is 18.9. The zero-order valence-electron chi connectivity index (χ0n) is 23.6. The Morgan fingerprint density at radius 1 is 0.955 bits per heavy atom. The van der Waals surface area contributed by atoms with Crippen LogP contribution in [0, 0.1) is 18.7 Å². The Labute approximate surface area is 259 Å². The fraction of sp³-hybridized carbons (Fsp3) is 0.219. The van der Waals surface area contributed by atoms with E-state index in [0.29, 0.717) is 26.8 Å². The predicted octanol–water partition coefficient (Wildman–Crippen LogP) is 4.97. The minimum atomic E-state index is -0.908. The van der Waals surface area contributed by atoms with Crippen molar-refractivity contribution in [3.8, 4) is 0 Å². The van der Waals surface area contributed by atoms with E-state index in [0.717, 1.165) is 33.6 Å². The lowest BCUT2D eigenvalue weighted by molar-refractivity contribution is -0.122. The topological polar surface area (TPSA) is 115 Å². The maximum atomic E-state index is 14.0. The first-order valence-corrected chi connectivity index (χ1v) is 15.5. The number of para-hydroxylation sites is 1. The molecule has 1 saturated heterocycles. The molecule has 44 heavy (non-hydrogen) atoms. The summed E-state index contributed by atoms with van der Waals surface area (Å²) in [4.78, 5) is 67.7. The second-order valence-corrected chi connectivity index (χ2v) is 12.5. The van der Waals surface area contributed by atoms with Crippen LogP contribution in [-0.4, -0.2) is 40.1 Å². The van der Waals surface area contributed by atoms with Gasteiger partial charge in [-0.15, -0.1) is 0 Å². The predicted molar refractivity (Wildman–Crippen MR) is 165 cm³/mol. The van der Waals surface area contributed by atoms with E-state index in [-0.39, 0.29) is 18.7 Å². The lowest BCUT2D eigenvalue weighted by atomic mass is 9.83. The maximum Gasteiger partial charge on any atom is 0.338 e. The first-order valence-electron chi connectivity index (χ1n) is 13.8. The first kappa shape index (κ1) is 29.5. The number of carbonyl (C=O) groups is 4. The minimum absolute atomic E-state index is 0.206. The molecule has 3 heterocycles. The molecule has 3 atom stereocenters. The summed E-state index contributed by atoms with van der Waals surface area (Å²) in [5, 5.41) is 2.35. The number of esters is 1. The van der Waals surface area contributed by atoms with Crippen molar-refractivity contribution in [1.29, 1.82) is 0 Å². The van der Waals surface area contributed by atoms with Crippen molar-refractivity contribution in [1.82, 2.24) is 4.57 Å². The SMILES string of the molecule is CCOC(=O)c1ccc(N2C(=O)C3Sc4c(sc(=O)n4CC(=O)Nc4ccccc4C)C(c4ccc(F)cc4)C3C2=O)cc1. The zero-order valence-corrected chi connectivity index (χ0v) is 25.2. The molecule has 3 amide bonds. The Bertz CT molecular complexity index is 1850. The number of rotatable bonds is 7. The third-order valence-electron chi connectivity index (χ3n) is 7.64. The van der Waals surface area contributed by atoms with E-state index in [1.165, 1.54) is 41.0 Å². The molecule has 2 aliphatic heterocycles. The summed E-state index contributed by atoms with van der Waals surface area (Å²) >= 11 is 2.00. The number of anilines is 2. The molecule has 3 aromatic carbocycles. The second kappa shape index (κ2) is 11.9. The van der Waals surface area contributed by atoms with Crippen LogP contribution in [0.25, 0.3) is 0 Å². The number of thiazole rings is 1. The Balaban J connectivity index is 1.37. The number of ether oxygens (including phenoxy) is 1. The van der Waals surface area contributed by atoms with Gasteiger partial charge in [0, 0.05) is 16.5 Å². The third-order valence-corrected chi connectivity index (χ3v) is 10.2. The molecule has 2 aliphatic rings. The summed E-state index contributed by atoms with van der Waals surface area (Å²) in [5.74, 6) is -3.97. The molecule has 0 saturated carbocycles. The normalized spacial score (nSPS) is 19.0. The van der Waals surface area contributed by atoms with Gasteiger partial charge in [-0.25, -0.2) is 14.1 Å². The molecule has 0 bridgehead atoms. The van der Waals surface area contributed by atoms with Crippen LogP contribution in [0.2, 0.25) is 0 Å². The monoisotopic (exact) mass is 631 g/mol. The van der Waals surface area contributed by atoms with Crippen LogP contribution in [-0.2, 0) is 25.7 Å². The molecule has 4 aromatic rings. The highest BCUT2D eigenvalue weighted by Crippen LogP contribution is 2.53. The number of hydrogen-bond donors (Lipinski definition) is 1. The van der Waals surface area contributed by atoms with E-state index in [1.54, 1.807) is 31.2 Å². The van der Waals surface area contributed by atoms with Crippen LogP contribution in [0.4, 0.5) is 15.8 Å². The van der Waals surface area contributed by atoms with Crippen molar-refractivity contribution in [3.05, 3.63) is 110 Å². The lowest BCUT2D eigenvalue weighted by Crippen LogP contribution is -2.33. The van der Waals surface area contributed by atoms with Crippen molar-refractivity contribution < 1.29 is 28.3 Å². The molecule has 3 unspecified atom stereocenters. The standard InChI is InChI=1S/C32H26FN3O6S2/c1-3-42-31(40)19-10-14-21(15-11-19)36-28(38)25-24(18-8-12-20(33)13-9-18)27-30(43-26(25)29(36)39)35(32(41)44-27)16-23(37)34-22-7-5-4-6-17(22)2/h4-15,24-26H,3,16H2,1-2H3,(H,34,37). The molecule has 0 spiro atoms.